The summed E-state index contributed by atoms with van der Waals surface area (Å²) in [6, 6.07) is 11.8. The zero-order valence-electron chi connectivity index (χ0n) is 19.9. The van der Waals surface area contributed by atoms with Gasteiger partial charge in [0, 0.05) is 12.2 Å². The number of rotatable bonds is 8. The molecule has 0 bridgehead atoms. The Bertz CT molecular complexity index is 1280. The van der Waals surface area contributed by atoms with E-state index in [1.54, 1.807) is 13.8 Å². The number of fused-ring (bicyclic) bond motifs is 2. The molecule has 194 valence electrons. The van der Waals surface area contributed by atoms with Crippen molar-refractivity contribution in [1.29, 1.82) is 0 Å². The predicted molar refractivity (Wildman–Crippen MR) is 132 cm³/mol. The number of anilines is 1. The quantitative estimate of drug-likeness (QED) is 0.286. The van der Waals surface area contributed by atoms with Gasteiger partial charge in [-0.2, -0.15) is 4.98 Å². The molecule has 2 saturated heterocycles. The van der Waals surface area contributed by atoms with Crippen molar-refractivity contribution in [2.45, 2.75) is 57.1 Å². The lowest BCUT2D eigenvalue weighted by Crippen LogP contribution is -2.33. The Morgan fingerprint density at radius 3 is 2.64 bits per heavy atom. The highest BCUT2D eigenvalue weighted by molar-refractivity contribution is 7.51. The van der Waals surface area contributed by atoms with Gasteiger partial charge in [-0.05, 0) is 44.0 Å². The fraction of sp³-hybridized carbons (Fsp3) is 0.478. The lowest BCUT2D eigenvalue weighted by molar-refractivity contribution is -0.201. The summed E-state index contributed by atoms with van der Waals surface area (Å²) in [4.78, 5) is 27.1. The molecule has 0 spiro atoms. The van der Waals surface area contributed by atoms with Gasteiger partial charge in [-0.15, -0.1) is 0 Å². The van der Waals surface area contributed by atoms with Crippen LogP contribution in [0.4, 0.5) is 5.82 Å². The van der Waals surface area contributed by atoms with Crippen LogP contribution < -0.4 is 5.32 Å². The Hall–Kier alpha value is -2.08. The molecule has 0 saturated carbocycles. The predicted octanol–water partition coefficient (Wildman–Crippen LogP) is 3.83. The van der Waals surface area contributed by atoms with Crippen molar-refractivity contribution in [1.82, 2.24) is 14.5 Å². The van der Waals surface area contributed by atoms with E-state index in [0.29, 0.717) is 11.5 Å². The number of hydrogen-bond acceptors (Lipinski definition) is 8. The van der Waals surface area contributed by atoms with E-state index >= 15 is 0 Å². The Labute approximate surface area is 212 Å². The fourth-order valence-electron chi connectivity index (χ4n) is 4.66. The maximum absolute atomic E-state index is 11.2. The average molecular weight is 539 g/mol. The van der Waals surface area contributed by atoms with Crippen LogP contribution in [0.15, 0.2) is 42.6 Å². The molecule has 2 aromatic heterocycles. The zero-order chi connectivity index (χ0) is 25.7. The van der Waals surface area contributed by atoms with E-state index in [0.717, 1.165) is 10.9 Å². The molecule has 2 fully saturated rings. The molecule has 11 nitrogen and oxygen atoms in total. The summed E-state index contributed by atoms with van der Waals surface area (Å²) >= 11 is 6.32. The van der Waals surface area contributed by atoms with Crippen LogP contribution in [0.5, 0.6) is 0 Å². The third-order valence-electron chi connectivity index (χ3n) is 6.14. The minimum atomic E-state index is -4.31. The van der Waals surface area contributed by atoms with Gasteiger partial charge >= 0.3 is 7.60 Å². The number of benzene rings is 1. The monoisotopic (exact) mass is 538 g/mol. The Balaban J connectivity index is 1.43. The Morgan fingerprint density at radius 2 is 1.92 bits per heavy atom. The summed E-state index contributed by atoms with van der Waals surface area (Å²) in [6.45, 7) is 5.57. The highest BCUT2D eigenvalue weighted by Gasteiger charge is 2.56. The van der Waals surface area contributed by atoms with Crippen LogP contribution in [0.2, 0.25) is 5.28 Å². The SMILES string of the molecule is C[C@@H](Nc1nc(Cl)nc2c1ccn2[C@@H]1O[C@H](COCP(=O)(O)O)[C@H]2OC(C)(C)O[C@H]21)c1ccccc1. The maximum Gasteiger partial charge on any atom is 0.350 e. The molecular formula is C23H28ClN4O7P. The smallest absolute Gasteiger partial charge is 0.350 e. The van der Waals surface area contributed by atoms with Gasteiger partial charge in [0.15, 0.2) is 12.0 Å². The van der Waals surface area contributed by atoms with Crippen molar-refractivity contribution in [3.63, 3.8) is 0 Å². The van der Waals surface area contributed by atoms with Crippen LogP contribution in [0.25, 0.3) is 11.0 Å². The van der Waals surface area contributed by atoms with Gasteiger partial charge in [0.1, 0.15) is 36.1 Å². The number of hydrogen-bond donors (Lipinski definition) is 3. The highest BCUT2D eigenvalue weighted by atomic mass is 35.5. The lowest BCUT2D eigenvalue weighted by atomic mass is 10.1. The number of halogens is 1. The van der Waals surface area contributed by atoms with Gasteiger partial charge < -0.3 is 38.6 Å². The van der Waals surface area contributed by atoms with Crippen LogP contribution in [-0.2, 0) is 23.5 Å². The summed E-state index contributed by atoms with van der Waals surface area (Å²) in [5, 5.41) is 4.24. The molecule has 1 aromatic carbocycles. The third-order valence-corrected chi connectivity index (χ3v) is 6.83. The first-order chi connectivity index (χ1) is 17.0. The normalized spacial score (nSPS) is 26.3. The molecule has 4 heterocycles. The van der Waals surface area contributed by atoms with Crippen LogP contribution >= 0.6 is 19.2 Å². The van der Waals surface area contributed by atoms with Crippen molar-refractivity contribution >= 4 is 36.0 Å². The minimum Gasteiger partial charge on any atom is -0.366 e. The molecule has 13 heteroatoms. The summed E-state index contributed by atoms with van der Waals surface area (Å²) < 4.78 is 36.7. The Kier molecular flexibility index (Phi) is 6.86. The number of nitrogens with one attached hydrogen (secondary N) is 1. The third kappa shape index (κ3) is 5.29. The van der Waals surface area contributed by atoms with E-state index < -0.39 is 44.3 Å². The second-order valence-electron chi connectivity index (χ2n) is 9.37. The van der Waals surface area contributed by atoms with E-state index in [2.05, 4.69) is 15.3 Å². The molecule has 2 aliphatic rings. The zero-order valence-corrected chi connectivity index (χ0v) is 21.6. The van der Waals surface area contributed by atoms with E-state index in [-0.39, 0.29) is 17.9 Å². The van der Waals surface area contributed by atoms with E-state index in [4.69, 9.17) is 40.3 Å². The molecule has 2 aliphatic heterocycles. The van der Waals surface area contributed by atoms with E-state index in [1.807, 2.05) is 54.1 Å². The molecule has 36 heavy (non-hydrogen) atoms. The first-order valence-electron chi connectivity index (χ1n) is 11.5. The summed E-state index contributed by atoms with van der Waals surface area (Å²) in [5.41, 5.74) is 1.64. The molecule has 0 unspecified atom stereocenters. The van der Waals surface area contributed by atoms with Gasteiger partial charge in [0.05, 0.1) is 12.0 Å². The molecule has 5 atom stereocenters. The van der Waals surface area contributed by atoms with Crippen LogP contribution in [0.3, 0.4) is 0 Å². The number of ether oxygens (including phenoxy) is 4. The largest absolute Gasteiger partial charge is 0.366 e. The number of nitrogens with zero attached hydrogens (tertiary/aromatic N) is 3. The standard InChI is InChI=1S/C23H28ClN4O7P/c1-13(14-7-5-4-6-8-14)25-19-15-9-10-28(20(15)27-22(24)26-19)21-18-17(34-23(2,3)35-18)16(33-21)11-32-12-36(29,30)31/h4-10,13,16-18,21H,11-12H2,1-3H3,(H,25,26,27)(H2,29,30,31)/t13-,16-,17-,18-,21-/m1/s1. The van der Waals surface area contributed by atoms with Crippen molar-refractivity contribution in [3.8, 4) is 0 Å². The topological polar surface area (TPSA) is 137 Å². The first kappa shape index (κ1) is 25.6. The Morgan fingerprint density at radius 1 is 1.19 bits per heavy atom. The summed E-state index contributed by atoms with van der Waals surface area (Å²) in [6.07, 6.45) is -1.14. The molecular weight excluding hydrogens is 511 g/mol. The lowest BCUT2D eigenvalue weighted by Gasteiger charge is -2.25. The molecule has 3 N–H and O–H groups in total. The van der Waals surface area contributed by atoms with Crippen LogP contribution in [-0.4, -0.2) is 61.4 Å². The fourth-order valence-corrected chi connectivity index (χ4v) is 5.17. The molecule has 0 amide bonds. The second kappa shape index (κ2) is 9.66. The molecule has 0 radical (unpaired) electrons. The maximum atomic E-state index is 11.2. The van der Waals surface area contributed by atoms with Gasteiger partial charge in [-0.1, -0.05) is 30.3 Å². The molecule has 0 aliphatic carbocycles. The summed E-state index contributed by atoms with van der Waals surface area (Å²) in [5.74, 6) is -0.285. The van der Waals surface area contributed by atoms with Gasteiger partial charge in [0.25, 0.3) is 0 Å². The molecule has 5 rings (SSSR count). The van der Waals surface area contributed by atoms with Gasteiger partial charge in [-0.25, -0.2) is 4.98 Å². The second-order valence-corrected chi connectivity index (χ2v) is 11.3. The average Bonchev–Trinajstić information content (AvgIpc) is 3.44. The highest BCUT2D eigenvalue weighted by Crippen LogP contribution is 2.45. The van der Waals surface area contributed by atoms with E-state index in [1.165, 1.54) is 0 Å². The first-order valence-corrected chi connectivity index (χ1v) is 13.7. The van der Waals surface area contributed by atoms with Crippen LogP contribution in [0.1, 0.15) is 38.6 Å². The summed E-state index contributed by atoms with van der Waals surface area (Å²) in [7, 11) is -4.31. The molecule has 3 aromatic rings. The van der Waals surface area contributed by atoms with Crippen molar-refractivity contribution < 1.29 is 33.3 Å². The van der Waals surface area contributed by atoms with Crippen LogP contribution in [0, 0.1) is 0 Å². The van der Waals surface area contributed by atoms with Gasteiger partial charge in [0.2, 0.25) is 5.28 Å². The van der Waals surface area contributed by atoms with Crippen molar-refractivity contribution in [2.75, 3.05) is 18.3 Å². The van der Waals surface area contributed by atoms with Crippen molar-refractivity contribution in [2.24, 2.45) is 0 Å². The minimum absolute atomic E-state index is 0.0289. The number of aromatic nitrogens is 3. The van der Waals surface area contributed by atoms with E-state index in [9.17, 15) is 4.57 Å². The van der Waals surface area contributed by atoms with Gasteiger partial charge in [-0.3, -0.25) is 4.57 Å². The van der Waals surface area contributed by atoms with Crippen molar-refractivity contribution in [3.05, 3.63) is 53.4 Å².